The summed E-state index contributed by atoms with van der Waals surface area (Å²) in [7, 11) is 0. The maximum Gasteiger partial charge on any atom is 0.306 e. The zero-order valence-corrected chi connectivity index (χ0v) is 48.8. The van der Waals surface area contributed by atoms with Crippen molar-refractivity contribution in [3.63, 3.8) is 0 Å². The number of hydrogen-bond donors (Lipinski definition) is 0. The molecule has 0 aliphatic carbocycles. The average molecular weight is 1030 g/mol. The molecule has 74 heavy (non-hydrogen) atoms. The molecule has 0 saturated carbocycles. The van der Waals surface area contributed by atoms with Crippen molar-refractivity contribution in [1.82, 2.24) is 0 Å². The third kappa shape index (κ3) is 59.5. The van der Waals surface area contributed by atoms with Crippen LogP contribution >= 0.6 is 0 Å². The summed E-state index contributed by atoms with van der Waals surface area (Å²) < 4.78 is 16.9. The Balaban J connectivity index is 4.40. The summed E-state index contributed by atoms with van der Waals surface area (Å²) in [4.78, 5) is 38.3. The minimum Gasteiger partial charge on any atom is -0.462 e. The predicted octanol–water partition coefficient (Wildman–Crippen LogP) is 21.5. The van der Waals surface area contributed by atoms with E-state index in [1.54, 1.807) is 0 Å². The van der Waals surface area contributed by atoms with E-state index in [2.05, 4.69) is 106 Å². The van der Waals surface area contributed by atoms with Crippen molar-refractivity contribution in [2.45, 2.75) is 316 Å². The molecule has 0 aliphatic rings. The van der Waals surface area contributed by atoms with Crippen LogP contribution in [0.5, 0.6) is 0 Å². The number of unbranched alkanes of at least 4 members (excludes halogenated alkanes) is 32. The van der Waals surface area contributed by atoms with E-state index >= 15 is 0 Å². The Labute approximate surface area is 458 Å². The second kappa shape index (κ2) is 62.1. The first-order valence-electron chi connectivity index (χ1n) is 31.6. The molecular weight excluding hydrogens is 913 g/mol. The third-order valence-corrected chi connectivity index (χ3v) is 13.6. The van der Waals surface area contributed by atoms with Crippen LogP contribution in [0.4, 0.5) is 0 Å². The van der Waals surface area contributed by atoms with Gasteiger partial charge in [-0.25, -0.2) is 0 Å². The fraction of sp³-hybridized carbons (Fsp3) is 0.750. The highest BCUT2D eigenvalue weighted by Crippen LogP contribution is 2.16. The minimum absolute atomic E-state index is 0.0832. The molecule has 1 atom stereocenters. The van der Waals surface area contributed by atoms with Gasteiger partial charge in [-0.2, -0.15) is 0 Å². The Morgan fingerprint density at radius 3 is 0.838 bits per heavy atom. The molecule has 0 heterocycles. The molecule has 0 amide bonds. The first kappa shape index (κ1) is 70.6. The summed E-state index contributed by atoms with van der Waals surface area (Å²) >= 11 is 0. The van der Waals surface area contributed by atoms with Crippen LogP contribution in [0.25, 0.3) is 0 Å². The molecule has 0 fully saturated rings. The van der Waals surface area contributed by atoms with E-state index in [1.807, 2.05) is 0 Å². The molecule has 0 aromatic carbocycles. The Morgan fingerprint density at radius 2 is 0.527 bits per heavy atom. The monoisotopic (exact) mass is 1030 g/mol. The van der Waals surface area contributed by atoms with Crippen LogP contribution in [0.2, 0.25) is 0 Å². The van der Waals surface area contributed by atoms with Crippen LogP contribution in [-0.2, 0) is 28.6 Å². The number of rotatable bonds is 57. The molecule has 0 bridgehead atoms. The lowest BCUT2D eigenvalue weighted by molar-refractivity contribution is -0.167. The summed E-state index contributed by atoms with van der Waals surface area (Å²) in [6.07, 6.45) is 81.5. The zero-order chi connectivity index (χ0) is 53.6. The minimum atomic E-state index is -0.787. The van der Waals surface area contributed by atoms with E-state index in [0.29, 0.717) is 19.3 Å². The first-order chi connectivity index (χ1) is 36.5. The van der Waals surface area contributed by atoms with E-state index in [4.69, 9.17) is 14.2 Å². The van der Waals surface area contributed by atoms with Crippen molar-refractivity contribution in [3.05, 3.63) is 85.1 Å². The fourth-order valence-corrected chi connectivity index (χ4v) is 8.94. The second-order valence-corrected chi connectivity index (χ2v) is 20.9. The highest BCUT2D eigenvalue weighted by molar-refractivity contribution is 5.71. The molecule has 1 unspecified atom stereocenters. The lowest BCUT2D eigenvalue weighted by Gasteiger charge is -2.18. The number of esters is 3. The highest BCUT2D eigenvalue weighted by atomic mass is 16.6. The second-order valence-electron chi connectivity index (χ2n) is 20.9. The summed E-state index contributed by atoms with van der Waals surface area (Å²) in [5.74, 6) is -0.890. The topological polar surface area (TPSA) is 78.9 Å². The SMILES string of the molecule is CC/C=C\C/C=C\C/C=C\CCCCCCCCCCCC(=O)OCC(COC(=O)CCCCCCC/C=C\CCCCCCCCCCC)OC(=O)CCCCCCCCCCC/C=C\C/C=C\C/C=C\CC. The molecule has 0 aliphatic heterocycles. The van der Waals surface area contributed by atoms with Gasteiger partial charge in [0.25, 0.3) is 0 Å². The first-order valence-corrected chi connectivity index (χ1v) is 31.6. The van der Waals surface area contributed by atoms with Crippen molar-refractivity contribution >= 4 is 17.9 Å². The number of allylic oxidation sites excluding steroid dienone is 14. The molecule has 0 spiro atoms. The lowest BCUT2D eigenvalue weighted by atomic mass is 10.1. The molecule has 0 aromatic rings. The van der Waals surface area contributed by atoms with Crippen LogP contribution < -0.4 is 0 Å². The summed E-state index contributed by atoms with van der Waals surface area (Å²) in [5.41, 5.74) is 0. The molecule has 6 nitrogen and oxygen atoms in total. The number of ether oxygens (including phenoxy) is 3. The van der Waals surface area contributed by atoms with Gasteiger partial charge in [0.05, 0.1) is 0 Å². The summed E-state index contributed by atoms with van der Waals surface area (Å²) in [5, 5.41) is 0. The normalized spacial score (nSPS) is 12.6. The molecule has 0 rings (SSSR count). The van der Waals surface area contributed by atoms with E-state index in [-0.39, 0.29) is 31.1 Å². The maximum atomic E-state index is 12.9. The number of carbonyl (C=O) groups excluding carboxylic acids is 3. The summed E-state index contributed by atoms with van der Waals surface area (Å²) in [6.45, 7) is 6.44. The number of hydrogen-bond acceptors (Lipinski definition) is 6. The van der Waals surface area contributed by atoms with Gasteiger partial charge in [-0.3, -0.25) is 14.4 Å². The van der Waals surface area contributed by atoms with Crippen molar-refractivity contribution in [2.24, 2.45) is 0 Å². The number of carbonyl (C=O) groups is 3. The molecule has 0 radical (unpaired) electrons. The Kier molecular flexibility index (Phi) is 59.3. The van der Waals surface area contributed by atoms with Gasteiger partial charge >= 0.3 is 17.9 Å². The van der Waals surface area contributed by atoms with Gasteiger partial charge in [0.15, 0.2) is 6.10 Å². The van der Waals surface area contributed by atoms with Crippen LogP contribution in [0.15, 0.2) is 85.1 Å². The van der Waals surface area contributed by atoms with E-state index in [9.17, 15) is 14.4 Å². The average Bonchev–Trinajstić information content (AvgIpc) is 3.40. The van der Waals surface area contributed by atoms with Gasteiger partial charge in [0, 0.05) is 19.3 Å². The smallest absolute Gasteiger partial charge is 0.306 e. The lowest BCUT2D eigenvalue weighted by Crippen LogP contribution is -2.30. The van der Waals surface area contributed by atoms with Gasteiger partial charge in [-0.15, -0.1) is 0 Å². The molecule has 0 saturated heterocycles. The van der Waals surface area contributed by atoms with Crippen molar-refractivity contribution in [2.75, 3.05) is 13.2 Å². The molecular formula is C68H118O6. The van der Waals surface area contributed by atoms with E-state index in [0.717, 1.165) is 103 Å². The van der Waals surface area contributed by atoms with Crippen LogP contribution in [-0.4, -0.2) is 37.2 Å². The van der Waals surface area contributed by atoms with Crippen LogP contribution in [0.3, 0.4) is 0 Å². The Hall–Kier alpha value is -3.41. The highest BCUT2D eigenvalue weighted by Gasteiger charge is 2.19. The van der Waals surface area contributed by atoms with Gasteiger partial charge in [0.2, 0.25) is 0 Å². The Bertz CT molecular complexity index is 1420. The van der Waals surface area contributed by atoms with Crippen LogP contribution in [0.1, 0.15) is 310 Å². The summed E-state index contributed by atoms with van der Waals surface area (Å²) in [6, 6.07) is 0. The van der Waals surface area contributed by atoms with Crippen molar-refractivity contribution in [3.8, 4) is 0 Å². The maximum absolute atomic E-state index is 12.9. The fourth-order valence-electron chi connectivity index (χ4n) is 8.94. The molecule has 0 N–H and O–H groups in total. The molecule has 426 valence electrons. The van der Waals surface area contributed by atoms with Gasteiger partial charge in [-0.05, 0) is 109 Å². The third-order valence-electron chi connectivity index (χ3n) is 13.6. The molecule has 6 heteroatoms. The van der Waals surface area contributed by atoms with Gasteiger partial charge in [-0.1, -0.05) is 266 Å². The van der Waals surface area contributed by atoms with Crippen molar-refractivity contribution in [1.29, 1.82) is 0 Å². The zero-order valence-electron chi connectivity index (χ0n) is 48.8. The Morgan fingerprint density at radius 1 is 0.284 bits per heavy atom. The standard InChI is InChI=1S/C68H118O6/c1-4-7-10-13-16-19-22-25-28-31-34-37-40-43-46-49-52-55-58-61-67(70)73-64-65(63-72-66(69)60-57-54-51-48-45-42-39-36-33-30-27-24-21-18-15-12-9-6-3)74-68(71)62-59-56-53-50-47-44-41-38-35-32-29-26-23-20-17-14-11-8-5-2/h7-8,10-11,16-17,19-20,25-26,28-29,36,39,65H,4-6,9,12-15,18,21-24,27,30-35,37-38,40-64H2,1-3H3/b10-7-,11-8-,19-16-,20-17-,28-25-,29-26-,39-36-. The largest absolute Gasteiger partial charge is 0.462 e. The van der Waals surface area contributed by atoms with Gasteiger partial charge < -0.3 is 14.2 Å². The van der Waals surface area contributed by atoms with Gasteiger partial charge in [0.1, 0.15) is 13.2 Å². The van der Waals surface area contributed by atoms with Crippen LogP contribution in [0, 0.1) is 0 Å². The predicted molar refractivity (Wildman–Crippen MR) is 321 cm³/mol. The van der Waals surface area contributed by atoms with E-state index < -0.39 is 6.10 Å². The quantitative estimate of drug-likeness (QED) is 0.0261. The van der Waals surface area contributed by atoms with Crippen molar-refractivity contribution < 1.29 is 28.6 Å². The van der Waals surface area contributed by atoms with E-state index in [1.165, 1.54) is 167 Å². The molecule has 0 aromatic heterocycles.